The lowest BCUT2D eigenvalue weighted by atomic mass is 10.2. The minimum atomic E-state index is -0.264. The summed E-state index contributed by atoms with van der Waals surface area (Å²) in [4.78, 5) is 12.4. The number of hydrogen-bond acceptors (Lipinski definition) is 2. The molecule has 6 heteroatoms. The van der Waals surface area contributed by atoms with E-state index >= 15 is 0 Å². The van der Waals surface area contributed by atoms with E-state index in [1.54, 1.807) is 7.11 Å². The van der Waals surface area contributed by atoms with Crippen LogP contribution < -0.4 is 10.6 Å². The zero-order valence-corrected chi connectivity index (χ0v) is 15.8. The van der Waals surface area contributed by atoms with Crippen molar-refractivity contribution >= 4 is 44.2 Å². The summed E-state index contributed by atoms with van der Waals surface area (Å²) in [5.41, 5.74) is 3.62. The SMILES string of the molecule is COCCn1cc(NC(=O)Nc2ccc(Br)cc2C)c2ccccc21. The number of ether oxygens (including phenoxy) is 1. The number of aryl methyl sites for hydroxylation is 1. The van der Waals surface area contributed by atoms with E-state index in [4.69, 9.17) is 4.74 Å². The molecule has 3 aromatic rings. The second-order valence-corrected chi connectivity index (χ2v) is 6.70. The van der Waals surface area contributed by atoms with Gasteiger partial charge in [-0.15, -0.1) is 0 Å². The number of carbonyl (C=O) groups is 1. The average Bonchev–Trinajstić information content (AvgIpc) is 2.93. The minimum Gasteiger partial charge on any atom is -0.383 e. The molecule has 0 saturated carbocycles. The number of methoxy groups -OCH3 is 1. The highest BCUT2D eigenvalue weighted by Crippen LogP contribution is 2.26. The molecule has 0 atom stereocenters. The molecule has 0 aliphatic carbocycles. The molecule has 0 radical (unpaired) electrons. The molecule has 0 aliphatic rings. The molecule has 2 N–H and O–H groups in total. The van der Waals surface area contributed by atoms with E-state index in [1.807, 2.05) is 55.6 Å². The van der Waals surface area contributed by atoms with Crippen molar-refractivity contribution in [2.45, 2.75) is 13.5 Å². The first-order valence-electron chi connectivity index (χ1n) is 7.99. The number of nitrogens with zero attached hydrogens (tertiary/aromatic N) is 1. The molecule has 2 amide bonds. The van der Waals surface area contributed by atoms with E-state index in [-0.39, 0.29) is 6.03 Å². The van der Waals surface area contributed by atoms with Crippen molar-refractivity contribution in [3.05, 3.63) is 58.7 Å². The average molecular weight is 402 g/mol. The number of benzene rings is 2. The van der Waals surface area contributed by atoms with Crippen LogP contribution in [0.2, 0.25) is 0 Å². The first kappa shape index (κ1) is 17.5. The molecule has 0 spiro atoms. The van der Waals surface area contributed by atoms with Crippen molar-refractivity contribution in [2.24, 2.45) is 0 Å². The van der Waals surface area contributed by atoms with Gasteiger partial charge in [-0.3, -0.25) is 0 Å². The van der Waals surface area contributed by atoms with Crippen LogP contribution >= 0.6 is 15.9 Å². The third-order valence-corrected chi connectivity index (χ3v) is 4.50. The lowest BCUT2D eigenvalue weighted by molar-refractivity contribution is 0.188. The first-order valence-corrected chi connectivity index (χ1v) is 8.79. The molecule has 130 valence electrons. The van der Waals surface area contributed by atoms with Gasteiger partial charge in [0.05, 0.1) is 17.8 Å². The van der Waals surface area contributed by atoms with Gasteiger partial charge in [0.1, 0.15) is 0 Å². The van der Waals surface area contributed by atoms with Gasteiger partial charge in [-0.25, -0.2) is 4.79 Å². The van der Waals surface area contributed by atoms with E-state index in [0.717, 1.165) is 38.9 Å². The van der Waals surface area contributed by atoms with E-state index in [9.17, 15) is 4.79 Å². The van der Waals surface area contributed by atoms with Crippen LogP contribution in [0.4, 0.5) is 16.2 Å². The second-order valence-electron chi connectivity index (χ2n) is 5.78. The van der Waals surface area contributed by atoms with Crippen LogP contribution in [0.3, 0.4) is 0 Å². The maximum absolute atomic E-state index is 12.4. The Labute approximate surface area is 155 Å². The third-order valence-electron chi connectivity index (χ3n) is 4.01. The molecule has 5 nitrogen and oxygen atoms in total. The molecule has 0 unspecified atom stereocenters. The Morgan fingerprint density at radius 3 is 2.68 bits per heavy atom. The van der Waals surface area contributed by atoms with Crippen molar-refractivity contribution in [1.29, 1.82) is 0 Å². The molecule has 0 aliphatic heterocycles. The summed E-state index contributed by atoms with van der Waals surface area (Å²) in [5, 5.41) is 6.85. The maximum atomic E-state index is 12.4. The molecule has 25 heavy (non-hydrogen) atoms. The summed E-state index contributed by atoms with van der Waals surface area (Å²) in [6, 6.07) is 13.5. The van der Waals surface area contributed by atoms with Crippen LogP contribution in [-0.4, -0.2) is 24.3 Å². The van der Waals surface area contributed by atoms with Gasteiger partial charge >= 0.3 is 6.03 Å². The smallest absolute Gasteiger partial charge is 0.323 e. The monoisotopic (exact) mass is 401 g/mol. The Morgan fingerprint density at radius 2 is 1.92 bits per heavy atom. The molecule has 2 aromatic carbocycles. The molecule has 3 rings (SSSR count). The van der Waals surface area contributed by atoms with Gasteiger partial charge in [-0.1, -0.05) is 34.1 Å². The molecular weight excluding hydrogens is 382 g/mol. The van der Waals surface area contributed by atoms with Crippen molar-refractivity contribution in [2.75, 3.05) is 24.4 Å². The first-order chi connectivity index (χ1) is 12.1. The highest BCUT2D eigenvalue weighted by Gasteiger charge is 2.11. The zero-order valence-electron chi connectivity index (χ0n) is 14.2. The number of rotatable bonds is 5. The van der Waals surface area contributed by atoms with Gasteiger partial charge in [0.15, 0.2) is 0 Å². The van der Waals surface area contributed by atoms with Gasteiger partial charge in [0.2, 0.25) is 0 Å². The number of anilines is 2. The summed E-state index contributed by atoms with van der Waals surface area (Å²) >= 11 is 3.43. The predicted molar refractivity (Wildman–Crippen MR) is 105 cm³/mol. The maximum Gasteiger partial charge on any atom is 0.323 e. The largest absolute Gasteiger partial charge is 0.383 e. The van der Waals surface area contributed by atoms with Crippen LogP contribution in [0.15, 0.2) is 53.1 Å². The van der Waals surface area contributed by atoms with Crippen LogP contribution in [0, 0.1) is 6.92 Å². The van der Waals surface area contributed by atoms with Crippen molar-refractivity contribution < 1.29 is 9.53 Å². The fraction of sp³-hybridized carbons (Fsp3) is 0.211. The highest BCUT2D eigenvalue weighted by atomic mass is 79.9. The van der Waals surface area contributed by atoms with Crippen LogP contribution in [0.25, 0.3) is 10.9 Å². The summed E-state index contributed by atoms with van der Waals surface area (Å²) in [6.45, 7) is 3.30. The van der Waals surface area contributed by atoms with E-state index < -0.39 is 0 Å². The topological polar surface area (TPSA) is 55.3 Å². The number of urea groups is 1. The molecule has 0 bridgehead atoms. The summed E-state index contributed by atoms with van der Waals surface area (Å²) in [6.07, 6.45) is 1.94. The highest BCUT2D eigenvalue weighted by molar-refractivity contribution is 9.10. The van der Waals surface area contributed by atoms with Crippen molar-refractivity contribution in [3.63, 3.8) is 0 Å². The number of amides is 2. The van der Waals surface area contributed by atoms with Crippen molar-refractivity contribution in [1.82, 2.24) is 4.57 Å². The Bertz CT molecular complexity index is 905. The lowest BCUT2D eigenvalue weighted by Gasteiger charge is -2.09. The number of carbonyl (C=O) groups excluding carboxylic acids is 1. The number of aromatic nitrogens is 1. The number of halogens is 1. The van der Waals surface area contributed by atoms with Gasteiger partial charge in [0.25, 0.3) is 0 Å². The Hall–Kier alpha value is -2.31. The summed E-state index contributed by atoms with van der Waals surface area (Å²) in [5.74, 6) is 0. The van der Waals surface area contributed by atoms with Crippen LogP contribution in [-0.2, 0) is 11.3 Å². The fourth-order valence-corrected chi connectivity index (χ4v) is 3.24. The Kier molecular flexibility index (Phi) is 5.40. The number of fused-ring (bicyclic) bond motifs is 1. The minimum absolute atomic E-state index is 0.264. The standard InChI is InChI=1S/C19H20BrN3O2/c1-13-11-14(20)7-8-16(13)21-19(24)22-17-12-23(9-10-25-2)18-6-4-3-5-15(17)18/h3-8,11-12H,9-10H2,1-2H3,(H2,21,22,24). The van der Waals surface area contributed by atoms with Gasteiger partial charge < -0.3 is 19.9 Å². The van der Waals surface area contributed by atoms with E-state index in [1.165, 1.54) is 0 Å². The van der Waals surface area contributed by atoms with Gasteiger partial charge in [0, 0.05) is 35.4 Å². The normalized spacial score (nSPS) is 10.8. The lowest BCUT2D eigenvalue weighted by Crippen LogP contribution is -2.19. The van der Waals surface area contributed by atoms with Gasteiger partial charge in [-0.05, 0) is 36.8 Å². The van der Waals surface area contributed by atoms with E-state index in [2.05, 4.69) is 31.1 Å². The summed E-state index contributed by atoms with van der Waals surface area (Å²) < 4.78 is 8.23. The fourth-order valence-electron chi connectivity index (χ4n) is 2.76. The third kappa shape index (κ3) is 4.03. The Morgan fingerprint density at radius 1 is 1.16 bits per heavy atom. The molecule has 1 heterocycles. The predicted octanol–water partition coefficient (Wildman–Crippen LogP) is 5.00. The van der Waals surface area contributed by atoms with Crippen molar-refractivity contribution in [3.8, 4) is 0 Å². The zero-order chi connectivity index (χ0) is 17.8. The van der Waals surface area contributed by atoms with Crippen LogP contribution in [0.1, 0.15) is 5.56 Å². The molecular formula is C19H20BrN3O2. The molecule has 0 saturated heterocycles. The molecule has 1 aromatic heterocycles. The van der Waals surface area contributed by atoms with E-state index in [0.29, 0.717) is 6.61 Å². The second kappa shape index (κ2) is 7.72. The van der Waals surface area contributed by atoms with Crippen LogP contribution in [0.5, 0.6) is 0 Å². The van der Waals surface area contributed by atoms with Gasteiger partial charge in [-0.2, -0.15) is 0 Å². The summed E-state index contributed by atoms with van der Waals surface area (Å²) in [7, 11) is 1.68. The quantitative estimate of drug-likeness (QED) is 0.631. The Balaban J connectivity index is 1.81. The number of hydrogen-bond donors (Lipinski definition) is 2. The number of nitrogens with one attached hydrogen (secondary N) is 2. The molecule has 0 fully saturated rings. The number of para-hydroxylation sites is 1.